The van der Waals surface area contributed by atoms with E-state index >= 15 is 0 Å². The van der Waals surface area contributed by atoms with Crippen molar-refractivity contribution in [3.05, 3.63) is 76.4 Å². The molecule has 0 radical (unpaired) electrons. The predicted molar refractivity (Wildman–Crippen MR) is 120 cm³/mol. The van der Waals surface area contributed by atoms with Gasteiger partial charge in [0.05, 0.1) is 0 Å². The van der Waals surface area contributed by atoms with Crippen molar-refractivity contribution in [1.29, 1.82) is 0 Å². The number of hydrogen-bond donors (Lipinski definition) is 0. The summed E-state index contributed by atoms with van der Waals surface area (Å²) in [6.45, 7) is 4.63. The van der Waals surface area contributed by atoms with Crippen LogP contribution < -0.4 is 0 Å². The van der Waals surface area contributed by atoms with Gasteiger partial charge in [0.2, 0.25) is 0 Å². The Kier molecular flexibility index (Phi) is 6.46. The molecule has 3 heteroatoms. The Morgan fingerprint density at radius 1 is 0.857 bits per heavy atom. The molecule has 3 aromatic rings. The molecular weight excluding hydrogens is 462 g/mol. The van der Waals surface area contributed by atoms with Crippen LogP contribution in [-0.2, 0) is 40.1 Å². The summed E-state index contributed by atoms with van der Waals surface area (Å²) in [6, 6.07) is 18.4. The van der Waals surface area contributed by atoms with Crippen molar-refractivity contribution in [2.24, 2.45) is 5.92 Å². The van der Waals surface area contributed by atoms with Gasteiger partial charge in [0.1, 0.15) is 0 Å². The molecule has 2 aliphatic rings. The number of halogens is 2. The van der Waals surface area contributed by atoms with E-state index in [0.717, 1.165) is 12.3 Å². The van der Waals surface area contributed by atoms with Gasteiger partial charge < -0.3 is 0 Å². The van der Waals surface area contributed by atoms with Crippen LogP contribution in [0, 0.1) is 5.92 Å². The van der Waals surface area contributed by atoms with Gasteiger partial charge >= 0.3 is 37.9 Å². The summed E-state index contributed by atoms with van der Waals surface area (Å²) in [5.74, 6) is 0.723. The van der Waals surface area contributed by atoms with Crippen LogP contribution in [0.4, 0.5) is 0 Å². The summed E-state index contributed by atoms with van der Waals surface area (Å²) < 4.78 is 0. The fourth-order valence-electron chi connectivity index (χ4n) is 4.81. The van der Waals surface area contributed by atoms with Gasteiger partial charge in [-0.2, -0.15) is 0 Å². The summed E-state index contributed by atoms with van der Waals surface area (Å²) in [5.41, 5.74) is 10.4. The molecular formula is C25H24Cl2Zr. The second kappa shape index (κ2) is 8.87. The molecule has 5 rings (SSSR count). The van der Waals surface area contributed by atoms with Crippen molar-refractivity contribution >= 4 is 33.9 Å². The van der Waals surface area contributed by atoms with Gasteiger partial charge in [0.15, 0.2) is 0 Å². The first kappa shape index (κ1) is 20.4. The Balaban J connectivity index is 0.000000604. The molecule has 28 heavy (non-hydrogen) atoms. The fraction of sp³-hybridized carbons (Fsp3) is 0.280. The molecule has 142 valence electrons. The Labute approximate surface area is 186 Å². The van der Waals surface area contributed by atoms with Crippen LogP contribution in [0.3, 0.4) is 0 Å². The first-order chi connectivity index (χ1) is 13.6. The maximum absolute atomic E-state index is 4.93. The molecule has 0 saturated heterocycles. The molecule has 0 unspecified atom stereocenters. The van der Waals surface area contributed by atoms with E-state index in [1.54, 1.807) is 5.57 Å². The average molecular weight is 487 g/mol. The van der Waals surface area contributed by atoms with E-state index in [1.165, 1.54) is 63.4 Å². The second-order valence-electron chi connectivity index (χ2n) is 8.14. The summed E-state index contributed by atoms with van der Waals surface area (Å²) in [6.07, 6.45) is 7.19. The third kappa shape index (κ3) is 3.91. The van der Waals surface area contributed by atoms with E-state index in [1.807, 2.05) is 0 Å². The van der Waals surface area contributed by atoms with Crippen molar-refractivity contribution in [3.63, 3.8) is 0 Å². The van der Waals surface area contributed by atoms with Crippen LogP contribution >= 0.6 is 17.0 Å². The van der Waals surface area contributed by atoms with Gasteiger partial charge in [0.25, 0.3) is 0 Å². The van der Waals surface area contributed by atoms with Crippen molar-refractivity contribution in [2.75, 3.05) is 0 Å². The summed E-state index contributed by atoms with van der Waals surface area (Å²) in [5, 5.41) is 2.95. The normalized spacial score (nSPS) is 14.0. The Morgan fingerprint density at radius 3 is 2.29 bits per heavy atom. The molecule has 0 aromatic heterocycles. The Bertz CT molecular complexity index is 1040. The topological polar surface area (TPSA) is 0 Å². The third-order valence-corrected chi connectivity index (χ3v) is 5.80. The zero-order valence-electron chi connectivity index (χ0n) is 16.4. The van der Waals surface area contributed by atoms with Crippen LogP contribution in [0.15, 0.2) is 54.1 Å². The van der Waals surface area contributed by atoms with E-state index < -0.39 is 20.8 Å². The van der Waals surface area contributed by atoms with Gasteiger partial charge in [-0.15, -0.1) is 0 Å². The molecule has 0 atom stereocenters. The molecule has 0 N–H and O–H groups in total. The molecule has 0 bridgehead atoms. The molecule has 0 fully saturated rings. The standard InChI is InChI=1S/C25H24.2ClH.Zr/c1-16(2)13-17-14-20-6-4-7-21(24(20)15-17)22-12-11-19-10-9-18-5-3-8-23(22)25(18)19;;;/h3-8,11-12,15-16H,9-10,13-14H2,1-2H3;2*1H;/q;;;+2/p-2. The first-order valence-electron chi connectivity index (χ1n) is 9.93. The van der Waals surface area contributed by atoms with Gasteiger partial charge in [-0.25, -0.2) is 0 Å². The number of benzene rings is 3. The minimum atomic E-state index is -0.826. The van der Waals surface area contributed by atoms with Crippen LogP contribution in [0.5, 0.6) is 0 Å². The van der Waals surface area contributed by atoms with E-state index in [-0.39, 0.29) is 0 Å². The predicted octanol–water partition coefficient (Wildman–Crippen LogP) is 7.97. The van der Waals surface area contributed by atoms with Crippen molar-refractivity contribution in [1.82, 2.24) is 0 Å². The van der Waals surface area contributed by atoms with Crippen molar-refractivity contribution in [3.8, 4) is 11.1 Å². The molecule has 0 heterocycles. The van der Waals surface area contributed by atoms with Gasteiger partial charge in [0, 0.05) is 0 Å². The van der Waals surface area contributed by atoms with Gasteiger partial charge in [-0.05, 0) is 75.8 Å². The van der Waals surface area contributed by atoms with Crippen LogP contribution in [-0.4, -0.2) is 0 Å². The molecule has 0 amide bonds. The molecule has 0 saturated carbocycles. The van der Waals surface area contributed by atoms with Crippen molar-refractivity contribution in [2.45, 2.75) is 39.5 Å². The van der Waals surface area contributed by atoms with Crippen LogP contribution in [0.25, 0.3) is 28.0 Å². The SMILES string of the molecule is CC(C)CC1=Cc2c(cccc2-c2ccc3c4c(cccc24)CC3)C1.[Cl][Zr][Cl]. The second-order valence-corrected chi connectivity index (χ2v) is 11.9. The summed E-state index contributed by atoms with van der Waals surface area (Å²) in [7, 11) is 9.87. The molecule has 2 aliphatic carbocycles. The third-order valence-electron chi connectivity index (χ3n) is 5.80. The van der Waals surface area contributed by atoms with E-state index in [9.17, 15) is 0 Å². The first-order valence-corrected chi connectivity index (χ1v) is 16.3. The summed E-state index contributed by atoms with van der Waals surface area (Å²) in [4.78, 5) is 0. The average Bonchev–Trinajstić information content (AvgIpc) is 3.27. The van der Waals surface area contributed by atoms with E-state index in [4.69, 9.17) is 17.0 Å². The quantitative estimate of drug-likeness (QED) is 0.352. The number of aryl methyl sites for hydroxylation is 2. The fourth-order valence-corrected chi connectivity index (χ4v) is 4.81. The van der Waals surface area contributed by atoms with Gasteiger partial charge in [-0.3, -0.25) is 0 Å². The molecule has 0 spiro atoms. The number of allylic oxidation sites excluding steroid dienone is 1. The van der Waals surface area contributed by atoms with E-state index in [0.29, 0.717) is 0 Å². The van der Waals surface area contributed by atoms with Crippen LogP contribution in [0.1, 0.15) is 42.5 Å². The van der Waals surface area contributed by atoms with Crippen molar-refractivity contribution < 1.29 is 20.8 Å². The zero-order valence-corrected chi connectivity index (χ0v) is 20.3. The Morgan fingerprint density at radius 2 is 1.54 bits per heavy atom. The van der Waals surface area contributed by atoms with E-state index in [2.05, 4.69) is 68.5 Å². The summed E-state index contributed by atoms with van der Waals surface area (Å²) >= 11 is -0.826. The number of hydrogen-bond acceptors (Lipinski definition) is 0. The Hall–Kier alpha value is -0.877. The monoisotopic (exact) mass is 484 g/mol. The van der Waals surface area contributed by atoms with Crippen LogP contribution in [0.2, 0.25) is 0 Å². The maximum atomic E-state index is 4.93. The number of rotatable bonds is 3. The minimum absolute atomic E-state index is 0.723. The molecule has 3 aromatic carbocycles. The zero-order chi connectivity index (χ0) is 19.7. The molecule has 0 aliphatic heterocycles. The molecule has 0 nitrogen and oxygen atoms in total. The number of fused-ring (bicyclic) bond motifs is 1. The van der Waals surface area contributed by atoms with Gasteiger partial charge in [-0.1, -0.05) is 74.0 Å².